The Morgan fingerprint density at radius 1 is 0.921 bits per heavy atom. The summed E-state index contributed by atoms with van der Waals surface area (Å²) < 4.78 is 5.62. The second-order valence-electron chi connectivity index (χ2n) is 13.9. The smallest absolute Gasteiger partial charge is 0.411 e. The van der Waals surface area contributed by atoms with Crippen LogP contribution in [0.5, 0.6) is 0 Å². The summed E-state index contributed by atoms with van der Waals surface area (Å²) in [7, 11) is 0. The van der Waals surface area contributed by atoms with Gasteiger partial charge >= 0.3 is 6.09 Å². The Hall–Kier alpha value is -2.03. The molecule has 0 bridgehead atoms. The summed E-state index contributed by atoms with van der Waals surface area (Å²) in [5.74, 6) is 5.57. The lowest BCUT2D eigenvalue weighted by molar-refractivity contribution is -0.135. The summed E-state index contributed by atoms with van der Waals surface area (Å²) in [5.41, 5.74) is 1.89. The average Bonchev–Trinajstić information content (AvgIpc) is 3.26. The zero-order valence-electron chi connectivity index (χ0n) is 24.0. The van der Waals surface area contributed by atoms with Crippen LogP contribution in [-0.2, 0) is 4.74 Å². The molecule has 0 heterocycles. The zero-order valence-corrected chi connectivity index (χ0v) is 24.0. The third-order valence-corrected chi connectivity index (χ3v) is 12.4. The molecule has 0 radical (unpaired) electrons. The molecule has 0 aliphatic heterocycles. The maximum absolute atomic E-state index is 12.5. The van der Waals surface area contributed by atoms with Crippen LogP contribution in [0.15, 0.2) is 42.5 Å². The van der Waals surface area contributed by atoms with Crippen molar-refractivity contribution in [2.75, 3.05) is 11.9 Å². The van der Waals surface area contributed by atoms with Crippen molar-refractivity contribution in [3.05, 3.63) is 42.5 Å². The van der Waals surface area contributed by atoms with Crippen LogP contribution < -0.4 is 5.32 Å². The molecule has 3 nitrogen and oxygen atoms in total. The van der Waals surface area contributed by atoms with E-state index in [0.717, 1.165) is 53.0 Å². The molecule has 206 valence electrons. The summed E-state index contributed by atoms with van der Waals surface area (Å²) in [6, 6.07) is 14.2. The maximum Gasteiger partial charge on any atom is 0.411 e. The standard InChI is InChI=1S/C35H49NO2/c1-4-24-23-29-31-17-15-27(34(31,2)20-18-32(29)35(3)19-8-7-13-30(24)35)12-9-21-38-33(37)36-28-16-14-25-10-5-6-11-26(25)22-28/h5-6,10-11,14,16,22,24,27,29-32H,4,7-9,12-13,15,17-21,23H2,1-3H3,(H,36,37)/t24-,27?,29?,30?,31?,32-,34?,35?/m0/s1. The number of hydrogen-bond donors (Lipinski definition) is 1. The molecular formula is C35H49NO2. The Morgan fingerprint density at radius 2 is 1.74 bits per heavy atom. The van der Waals surface area contributed by atoms with E-state index in [1.165, 1.54) is 76.0 Å². The van der Waals surface area contributed by atoms with E-state index in [9.17, 15) is 4.79 Å². The molecule has 1 N–H and O–H groups in total. The quantitative estimate of drug-likeness (QED) is 0.389. The van der Waals surface area contributed by atoms with Gasteiger partial charge in [0, 0.05) is 5.69 Å². The van der Waals surface area contributed by atoms with Crippen LogP contribution in [0, 0.1) is 46.3 Å². The lowest BCUT2D eigenvalue weighted by atomic mass is 9.42. The van der Waals surface area contributed by atoms with Gasteiger partial charge in [-0.3, -0.25) is 5.32 Å². The first-order valence-electron chi connectivity index (χ1n) is 15.8. The number of carbonyl (C=O) groups is 1. The Kier molecular flexibility index (Phi) is 7.25. The number of ether oxygens (including phenoxy) is 1. The molecule has 1 amide bonds. The van der Waals surface area contributed by atoms with Gasteiger partial charge in [0.25, 0.3) is 0 Å². The topological polar surface area (TPSA) is 38.3 Å². The third kappa shape index (κ3) is 4.56. The van der Waals surface area contributed by atoms with E-state index in [2.05, 4.69) is 38.2 Å². The molecule has 4 saturated carbocycles. The SMILES string of the molecule is CC[C@H]1CC2C3CCC(CCCOC(=O)Nc4ccc5ccccc5c4)C3(C)CC[C@@H]2C2(C)CCCCC12. The largest absolute Gasteiger partial charge is 0.449 e. The molecule has 2 aromatic rings. The predicted molar refractivity (Wildman–Crippen MR) is 157 cm³/mol. The molecule has 4 aliphatic rings. The van der Waals surface area contributed by atoms with E-state index >= 15 is 0 Å². The maximum atomic E-state index is 12.5. The fourth-order valence-corrected chi connectivity index (χ4v) is 10.5. The minimum absolute atomic E-state index is 0.334. The highest BCUT2D eigenvalue weighted by Gasteiger charge is 2.60. The van der Waals surface area contributed by atoms with Crippen LogP contribution in [0.25, 0.3) is 10.8 Å². The molecule has 4 fully saturated rings. The molecule has 0 aromatic heterocycles. The van der Waals surface area contributed by atoms with E-state index in [1.54, 1.807) is 0 Å². The van der Waals surface area contributed by atoms with Crippen LogP contribution in [0.3, 0.4) is 0 Å². The molecule has 38 heavy (non-hydrogen) atoms. The molecule has 6 unspecified atom stereocenters. The van der Waals surface area contributed by atoms with Crippen molar-refractivity contribution in [1.82, 2.24) is 0 Å². The summed E-state index contributed by atoms with van der Waals surface area (Å²) in [4.78, 5) is 12.5. The van der Waals surface area contributed by atoms with Crippen LogP contribution in [-0.4, -0.2) is 12.7 Å². The first kappa shape index (κ1) is 26.2. The molecule has 0 saturated heterocycles. The number of hydrogen-bond acceptors (Lipinski definition) is 2. The molecule has 8 atom stereocenters. The van der Waals surface area contributed by atoms with Gasteiger partial charge in [-0.2, -0.15) is 0 Å². The highest BCUT2D eigenvalue weighted by molar-refractivity contribution is 5.91. The van der Waals surface area contributed by atoms with Crippen molar-refractivity contribution in [3.8, 4) is 0 Å². The summed E-state index contributed by atoms with van der Waals surface area (Å²) in [6.07, 6.45) is 16.3. The number of rotatable bonds is 6. The van der Waals surface area contributed by atoms with Gasteiger partial charge in [0.15, 0.2) is 0 Å². The van der Waals surface area contributed by atoms with Gasteiger partial charge in [0.05, 0.1) is 6.61 Å². The van der Waals surface area contributed by atoms with Crippen molar-refractivity contribution in [1.29, 1.82) is 0 Å². The third-order valence-electron chi connectivity index (χ3n) is 12.4. The van der Waals surface area contributed by atoms with Crippen LogP contribution in [0.1, 0.15) is 97.8 Å². The average molecular weight is 516 g/mol. The number of nitrogens with one attached hydrogen (secondary N) is 1. The van der Waals surface area contributed by atoms with Gasteiger partial charge in [-0.05, 0) is 127 Å². The first-order chi connectivity index (χ1) is 18.4. The van der Waals surface area contributed by atoms with Crippen molar-refractivity contribution in [2.45, 2.75) is 97.8 Å². The minimum Gasteiger partial charge on any atom is -0.449 e. The van der Waals surface area contributed by atoms with E-state index in [-0.39, 0.29) is 6.09 Å². The second-order valence-corrected chi connectivity index (χ2v) is 13.9. The van der Waals surface area contributed by atoms with Crippen LogP contribution in [0.2, 0.25) is 0 Å². The van der Waals surface area contributed by atoms with Crippen molar-refractivity contribution < 1.29 is 9.53 Å². The highest BCUT2D eigenvalue weighted by atomic mass is 16.5. The Labute approximate surface area is 230 Å². The molecular weight excluding hydrogens is 466 g/mol. The fourth-order valence-electron chi connectivity index (χ4n) is 10.5. The van der Waals surface area contributed by atoms with Crippen molar-refractivity contribution >= 4 is 22.6 Å². The fraction of sp³-hybridized carbons (Fsp3) is 0.686. The first-order valence-corrected chi connectivity index (χ1v) is 15.8. The number of benzene rings is 2. The lowest BCUT2D eigenvalue weighted by Crippen LogP contribution is -2.55. The summed E-state index contributed by atoms with van der Waals surface area (Å²) in [5, 5.41) is 5.22. The van der Waals surface area contributed by atoms with Crippen LogP contribution in [0.4, 0.5) is 10.5 Å². The van der Waals surface area contributed by atoms with Crippen molar-refractivity contribution in [3.63, 3.8) is 0 Å². The molecule has 3 heteroatoms. The second kappa shape index (κ2) is 10.5. The molecule has 2 aromatic carbocycles. The van der Waals surface area contributed by atoms with E-state index < -0.39 is 0 Å². The minimum atomic E-state index is -0.334. The highest BCUT2D eigenvalue weighted by Crippen LogP contribution is 2.69. The summed E-state index contributed by atoms with van der Waals surface area (Å²) in [6.45, 7) is 8.34. The summed E-state index contributed by atoms with van der Waals surface area (Å²) >= 11 is 0. The Bertz CT molecular complexity index is 1140. The number of carbonyl (C=O) groups excluding carboxylic acids is 1. The van der Waals surface area contributed by atoms with Crippen molar-refractivity contribution in [2.24, 2.45) is 46.3 Å². The van der Waals surface area contributed by atoms with Gasteiger partial charge in [0.1, 0.15) is 0 Å². The van der Waals surface area contributed by atoms with Gasteiger partial charge in [-0.1, -0.05) is 70.4 Å². The number of fused-ring (bicyclic) bond motifs is 6. The van der Waals surface area contributed by atoms with E-state index in [0.29, 0.717) is 17.4 Å². The number of anilines is 1. The van der Waals surface area contributed by atoms with Gasteiger partial charge in [0.2, 0.25) is 0 Å². The molecule has 0 spiro atoms. The predicted octanol–water partition coefficient (Wildman–Crippen LogP) is 9.85. The van der Waals surface area contributed by atoms with Gasteiger partial charge in [-0.15, -0.1) is 0 Å². The van der Waals surface area contributed by atoms with E-state index in [1.807, 2.05) is 30.3 Å². The number of amides is 1. The lowest BCUT2D eigenvalue weighted by Gasteiger charge is -2.62. The Balaban J connectivity index is 1.03. The monoisotopic (exact) mass is 515 g/mol. The van der Waals surface area contributed by atoms with Gasteiger partial charge < -0.3 is 4.74 Å². The van der Waals surface area contributed by atoms with Gasteiger partial charge in [-0.25, -0.2) is 4.79 Å². The molecule has 6 rings (SSSR count). The van der Waals surface area contributed by atoms with E-state index in [4.69, 9.17) is 4.74 Å². The molecule has 4 aliphatic carbocycles. The van der Waals surface area contributed by atoms with Crippen LogP contribution >= 0.6 is 0 Å². The zero-order chi connectivity index (χ0) is 26.3. The normalized spacial score (nSPS) is 38.2. The Morgan fingerprint density at radius 3 is 2.58 bits per heavy atom.